The second-order valence-corrected chi connectivity index (χ2v) is 10.5. The van der Waals surface area contributed by atoms with Crippen molar-refractivity contribution in [3.8, 4) is 0 Å². The van der Waals surface area contributed by atoms with E-state index in [2.05, 4.69) is 46.4 Å². The summed E-state index contributed by atoms with van der Waals surface area (Å²) < 4.78 is 2.18. The Bertz CT molecular complexity index is 348. The highest BCUT2D eigenvalue weighted by molar-refractivity contribution is 6.76. The zero-order chi connectivity index (χ0) is 10.2. The summed E-state index contributed by atoms with van der Waals surface area (Å²) in [6.07, 6.45) is 9.36. The van der Waals surface area contributed by atoms with Crippen LogP contribution in [0.2, 0.25) is 19.6 Å². The molecule has 1 aromatic heterocycles. The van der Waals surface area contributed by atoms with Gasteiger partial charge in [-0.25, -0.2) is 4.98 Å². The average molecular weight is 207 g/mol. The van der Waals surface area contributed by atoms with Crippen LogP contribution in [0.3, 0.4) is 0 Å². The van der Waals surface area contributed by atoms with Crippen molar-refractivity contribution in [3.63, 3.8) is 0 Å². The van der Waals surface area contributed by atoms with Gasteiger partial charge in [0.1, 0.15) is 5.82 Å². The summed E-state index contributed by atoms with van der Waals surface area (Å²) in [7, 11) is -1.00. The van der Waals surface area contributed by atoms with E-state index in [4.69, 9.17) is 0 Å². The summed E-state index contributed by atoms with van der Waals surface area (Å²) in [5, 5.41) is 0. The standard InChI is InChI=1S/C10H17N3Si/c1-14(2,3)9-12-6-4-10-11-5-7-13(10)8-12/h4-7H,8-9H2,1-3H3. The molecule has 76 valence electrons. The highest BCUT2D eigenvalue weighted by Gasteiger charge is 2.18. The van der Waals surface area contributed by atoms with Crippen LogP contribution in [0.1, 0.15) is 5.82 Å². The minimum Gasteiger partial charge on any atom is -0.362 e. The fourth-order valence-electron chi connectivity index (χ4n) is 1.73. The molecule has 2 rings (SSSR count). The third-order valence-electron chi connectivity index (χ3n) is 2.19. The maximum Gasteiger partial charge on any atom is 0.135 e. The maximum absolute atomic E-state index is 4.25. The van der Waals surface area contributed by atoms with Gasteiger partial charge in [0.2, 0.25) is 0 Å². The smallest absolute Gasteiger partial charge is 0.135 e. The molecule has 0 amide bonds. The van der Waals surface area contributed by atoms with Crippen LogP contribution in [0.15, 0.2) is 18.6 Å². The van der Waals surface area contributed by atoms with Crippen molar-refractivity contribution >= 4 is 14.1 Å². The van der Waals surface area contributed by atoms with Gasteiger partial charge < -0.3 is 9.47 Å². The highest BCUT2D eigenvalue weighted by atomic mass is 28.3. The minimum absolute atomic E-state index is 0.954. The number of nitrogens with zero attached hydrogens (tertiary/aromatic N) is 3. The number of fused-ring (bicyclic) bond motifs is 1. The lowest BCUT2D eigenvalue weighted by Gasteiger charge is -2.30. The first-order valence-electron chi connectivity index (χ1n) is 4.98. The molecule has 0 aliphatic carbocycles. The van der Waals surface area contributed by atoms with Crippen molar-refractivity contribution < 1.29 is 0 Å². The van der Waals surface area contributed by atoms with Crippen LogP contribution in [0, 0.1) is 0 Å². The molecule has 1 aliphatic heterocycles. The Kier molecular flexibility index (Phi) is 2.23. The van der Waals surface area contributed by atoms with Gasteiger partial charge in [-0.3, -0.25) is 0 Å². The van der Waals surface area contributed by atoms with E-state index in [-0.39, 0.29) is 0 Å². The minimum atomic E-state index is -1.00. The topological polar surface area (TPSA) is 21.1 Å². The van der Waals surface area contributed by atoms with Crippen molar-refractivity contribution in [2.45, 2.75) is 26.3 Å². The molecule has 0 N–H and O–H groups in total. The first kappa shape index (κ1) is 9.52. The number of hydrogen-bond donors (Lipinski definition) is 0. The second-order valence-electron chi connectivity index (χ2n) is 5.02. The molecule has 0 saturated heterocycles. The van der Waals surface area contributed by atoms with Gasteiger partial charge in [-0.15, -0.1) is 0 Å². The zero-order valence-electron chi connectivity index (χ0n) is 9.07. The van der Waals surface area contributed by atoms with Crippen molar-refractivity contribution in [2.24, 2.45) is 0 Å². The fourth-order valence-corrected chi connectivity index (χ4v) is 3.15. The number of rotatable bonds is 2. The Labute approximate surface area is 86.1 Å². The van der Waals surface area contributed by atoms with Crippen LogP contribution in [-0.2, 0) is 6.67 Å². The van der Waals surface area contributed by atoms with E-state index in [1.807, 2.05) is 12.4 Å². The fraction of sp³-hybridized carbons (Fsp3) is 0.500. The van der Waals surface area contributed by atoms with Gasteiger partial charge in [-0.2, -0.15) is 0 Å². The first-order chi connectivity index (χ1) is 6.54. The monoisotopic (exact) mass is 207 g/mol. The lowest BCUT2D eigenvalue weighted by Crippen LogP contribution is -2.39. The largest absolute Gasteiger partial charge is 0.362 e. The third-order valence-corrected chi connectivity index (χ3v) is 3.55. The molecule has 0 radical (unpaired) electrons. The molecule has 3 nitrogen and oxygen atoms in total. The van der Waals surface area contributed by atoms with E-state index in [0.717, 1.165) is 12.5 Å². The van der Waals surface area contributed by atoms with Crippen LogP contribution in [0.4, 0.5) is 0 Å². The molecule has 2 heterocycles. The van der Waals surface area contributed by atoms with Crippen LogP contribution >= 0.6 is 0 Å². The Morgan fingerprint density at radius 2 is 2.21 bits per heavy atom. The summed E-state index contributed by atoms with van der Waals surface area (Å²) >= 11 is 0. The number of hydrogen-bond acceptors (Lipinski definition) is 2. The van der Waals surface area contributed by atoms with Crippen LogP contribution in [0.5, 0.6) is 0 Å². The van der Waals surface area contributed by atoms with Gasteiger partial charge in [0.05, 0.1) is 14.7 Å². The molecule has 1 aromatic rings. The molecular formula is C10H17N3Si. The summed E-state index contributed by atoms with van der Waals surface area (Å²) in [5.74, 6) is 1.07. The Balaban J connectivity index is 2.08. The van der Waals surface area contributed by atoms with Crippen molar-refractivity contribution in [3.05, 3.63) is 24.4 Å². The van der Waals surface area contributed by atoms with E-state index < -0.39 is 8.07 Å². The summed E-state index contributed by atoms with van der Waals surface area (Å²) in [5.41, 5.74) is 0. The normalized spacial score (nSPS) is 15.8. The van der Waals surface area contributed by atoms with E-state index in [1.54, 1.807) is 0 Å². The van der Waals surface area contributed by atoms with Gasteiger partial charge in [-0.05, 0) is 6.08 Å². The van der Waals surface area contributed by atoms with Crippen molar-refractivity contribution in [1.82, 2.24) is 14.5 Å². The molecule has 0 saturated carbocycles. The van der Waals surface area contributed by atoms with E-state index in [0.29, 0.717) is 0 Å². The molecule has 0 atom stereocenters. The zero-order valence-corrected chi connectivity index (χ0v) is 10.1. The maximum atomic E-state index is 4.25. The molecule has 0 bridgehead atoms. The van der Waals surface area contributed by atoms with Crippen LogP contribution in [-0.4, -0.2) is 28.7 Å². The van der Waals surface area contributed by atoms with E-state index in [1.165, 1.54) is 6.17 Å². The van der Waals surface area contributed by atoms with Crippen molar-refractivity contribution in [1.29, 1.82) is 0 Å². The van der Waals surface area contributed by atoms with E-state index >= 15 is 0 Å². The molecule has 0 fully saturated rings. The summed E-state index contributed by atoms with van der Waals surface area (Å²) in [4.78, 5) is 6.62. The molecule has 4 heteroatoms. The first-order valence-corrected chi connectivity index (χ1v) is 8.69. The average Bonchev–Trinajstić information content (AvgIpc) is 2.47. The number of imidazole rings is 1. The van der Waals surface area contributed by atoms with Gasteiger partial charge in [0, 0.05) is 24.8 Å². The lowest BCUT2D eigenvalue weighted by molar-refractivity contribution is 0.334. The lowest BCUT2D eigenvalue weighted by atomic mass is 10.5. The highest BCUT2D eigenvalue weighted by Crippen LogP contribution is 2.13. The molecule has 0 aromatic carbocycles. The molecular weight excluding hydrogens is 190 g/mol. The van der Waals surface area contributed by atoms with Gasteiger partial charge in [-0.1, -0.05) is 19.6 Å². The number of aromatic nitrogens is 2. The summed E-state index contributed by atoms with van der Waals surface area (Å²) in [6.45, 7) is 8.13. The Hall–Kier alpha value is -1.03. The van der Waals surface area contributed by atoms with Gasteiger partial charge in [0.15, 0.2) is 0 Å². The second kappa shape index (κ2) is 3.27. The predicted octanol–water partition coefficient (Wildman–Crippen LogP) is 2.00. The third kappa shape index (κ3) is 2.07. The van der Waals surface area contributed by atoms with Gasteiger partial charge in [0.25, 0.3) is 0 Å². The molecule has 0 spiro atoms. The quantitative estimate of drug-likeness (QED) is 0.692. The van der Waals surface area contributed by atoms with Crippen LogP contribution < -0.4 is 0 Å². The Morgan fingerprint density at radius 1 is 1.43 bits per heavy atom. The molecule has 14 heavy (non-hydrogen) atoms. The molecule has 0 unspecified atom stereocenters. The Morgan fingerprint density at radius 3 is 2.93 bits per heavy atom. The SMILES string of the molecule is C[Si](C)(C)CN1C=Cc2nccn2C1. The van der Waals surface area contributed by atoms with Gasteiger partial charge >= 0.3 is 0 Å². The molecule has 1 aliphatic rings. The van der Waals surface area contributed by atoms with E-state index in [9.17, 15) is 0 Å². The predicted molar refractivity (Wildman–Crippen MR) is 61.3 cm³/mol. The van der Waals surface area contributed by atoms with Crippen LogP contribution in [0.25, 0.3) is 6.08 Å². The van der Waals surface area contributed by atoms with Crippen molar-refractivity contribution in [2.75, 3.05) is 6.17 Å². The summed E-state index contributed by atoms with van der Waals surface area (Å²) in [6, 6.07) is 0.